The minimum atomic E-state index is -3.37. The van der Waals surface area contributed by atoms with E-state index in [1.165, 1.54) is 18.2 Å². The Morgan fingerprint density at radius 1 is 1.08 bits per heavy atom. The van der Waals surface area contributed by atoms with Crippen LogP contribution in [0.5, 0.6) is 0 Å². The molecule has 0 aliphatic carbocycles. The Hall–Kier alpha value is -2.87. The van der Waals surface area contributed by atoms with Gasteiger partial charge < -0.3 is 9.73 Å². The molecule has 1 aromatic heterocycles. The van der Waals surface area contributed by atoms with Gasteiger partial charge in [0.2, 0.25) is 10.0 Å². The molecular weight excluding hydrogens is 347 g/mol. The molecule has 0 bridgehead atoms. The van der Waals surface area contributed by atoms with Gasteiger partial charge in [0.25, 0.3) is 5.91 Å². The third kappa shape index (κ3) is 3.63. The molecule has 3 rings (SSSR count). The molecule has 0 unspecified atom stereocenters. The smallest absolute Gasteiger partial charge is 0.291 e. The van der Waals surface area contributed by atoms with Gasteiger partial charge >= 0.3 is 0 Å². The second-order valence-electron chi connectivity index (χ2n) is 5.58. The third-order valence-electron chi connectivity index (χ3n) is 3.57. The van der Waals surface area contributed by atoms with Gasteiger partial charge in [-0.1, -0.05) is 12.1 Å². The minimum Gasteiger partial charge on any atom is -0.448 e. The number of aryl methyl sites for hydroxylation is 1. The summed E-state index contributed by atoms with van der Waals surface area (Å²) in [6.07, 6.45) is 1.05. The molecule has 2 aromatic carbocycles. The summed E-state index contributed by atoms with van der Waals surface area (Å²) >= 11 is 0. The van der Waals surface area contributed by atoms with E-state index in [0.29, 0.717) is 22.3 Å². The zero-order valence-corrected chi connectivity index (χ0v) is 14.3. The topological polar surface area (TPSA) is 88.4 Å². The molecule has 8 heteroatoms. The van der Waals surface area contributed by atoms with Crippen LogP contribution in [0.25, 0.3) is 11.0 Å². The molecule has 3 aromatic rings. The van der Waals surface area contributed by atoms with E-state index in [2.05, 4.69) is 10.0 Å². The van der Waals surface area contributed by atoms with Crippen LogP contribution in [0.15, 0.2) is 46.9 Å². The number of hydrogen-bond acceptors (Lipinski definition) is 4. The monoisotopic (exact) mass is 362 g/mol. The lowest BCUT2D eigenvalue weighted by Crippen LogP contribution is -2.12. The van der Waals surface area contributed by atoms with Gasteiger partial charge in [0, 0.05) is 22.3 Å². The fraction of sp³-hybridized carbons (Fsp3) is 0.118. The van der Waals surface area contributed by atoms with E-state index in [0.717, 1.165) is 6.26 Å². The van der Waals surface area contributed by atoms with Gasteiger partial charge in [-0.3, -0.25) is 9.52 Å². The summed E-state index contributed by atoms with van der Waals surface area (Å²) in [7, 11) is -3.37. The summed E-state index contributed by atoms with van der Waals surface area (Å²) in [4.78, 5) is 12.4. The number of fused-ring (bicyclic) bond motifs is 1. The first kappa shape index (κ1) is 17.0. The molecule has 1 heterocycles. The SMILES string of the molecule is Cc1c(C(=O)Nc2ccc(NS(C)(=O)=O)cc2)oc2c(F)cccc12. The Bertz CT molecular complexity index is 1060. The second kappa shape index (κ2) is 6.21. The lowest BCUT2D eigenvalue weighted by atomic mass is 10.1. The molecule has 130 valence electrons. The number of hydrogen-bond donors (Lipinski definition) is 2. The van der Waals surface area contributed by atoms with Gasteiger partial charge in [-0.25, -0.2) is 12.8 Å². The predicted octanol–water partition coefficient (Wildman–Crippen LogP) is 3.50. The lowest BCUT2D eigenvalue weighted by molar-refractivity contribution is 0.0997. The normalized spacial score (nSPS) is 11.5. The number of amides is 1. The maximum absolute atomic E-state index is 13.8. The van der Waals surface area contributed by atoms with Crippen molar-refractivity contribution in [1.29, 1.82) is 0 Å². The van der Waals surface area contributed by atoms with E-state index in [1.54, 1.807) is 31.2 Å². The van der Waals surface area contributed by atoms with Crippen LogP contribution >= 0.6 is 0 Å². The molecule has 0 radical (unpaired) electrons. The molecule has 0 saturated heterocycles. The number of nitrogens with one attached hydrogen (secondary N) is 2. The van der Waals surface area contributed by atoms with Gasteiger partial charge in [0.1, 0.15) is 0 Å². The van der Waals surface area contributed by atoms with Crippen molar-refractivity contribution < 1.29 is 22.0 Å². The number of carbonyl (C=O) groups is 1. The van der Waals surface area contributed by atoms with Crippen molar-refractivity contribution in [1.82, 2.24) is 0 Å². The maximum atomic E-state index is 13.8. The summed E-state index contributed by atoms with van der Waals surface area (Å²) in [5.74, 6) is -1.02. The fourth-order valence-corrected chi connectivity index (χ4v) is 3.01. The highest BCUT2D eigenvalue weighted by atomic mass is 32.2. The molecule has 25 heavy (non-hydrogen) atoms. The summed E-state index contributed by atoms with van der Waals surface area (Å²) in [6.45, 7) is 1.68. The first-order valence-corrected chi connectivity index (χ1v) is 9.20. The standard InChI is InChI=1S/C17H15FN2O4S/c1-10-13-4-3-5-14(18)16(13)24-15(10)17(21)19-11-6-8-12(9-7-11)20-25(2,22)23/h3-9,20H,1-2H3,(H,19,21). The molecule has 0 spiro atoms. The molecule has 0 aliphatic rings. The van der Waals surface area contributed by atoms with Gasteiger partial charge in [-0.15, -0.1) is 0 Å². The van der Waals surface area contributed by atoms with Crippen LogP contribution < -0.4 is 10.0 Å². The maximum Gasteiger partial charge on any atom is 0.291 e. The van der Waals surface area contributed by atoms with E-state index in [4.69, 9.17) is 4.42 Å². The summed E-state index contributed by atoms with van der Waals surface area (Å²) in [5.41, 5.74) is 1.41. The van der Waals surface area contributed by atoms with Crippen LogP contribution in [-0.4, -0.2) is 20.6 Å². The van der Waals surface area contributed by atoms with E-state index < -0.39 is 21.7 Å². The van der Waals surface area contributed by atoms with Crippen molar-refractivity contribution in [3.8, 4) is 0 Å². The van der Waals surface area contributed by atoms with Crippen LogP contribution in [0.2, 0.25) is 0 Å². The first-order valence-electron chi connectivity index (χ1n) is 7.31. The van der Waals surface area contributed by atoms with Crippen LogP contribution in [0.3, 0.4) is 0 Å². The number of sulfonamides is 1. The van der Waals surface area contributed by atoms with Gasteiger partial charge in [-0.05, 0) is 37.3 Å². The van der Waals surface area contributed by atoms with E-state index >= 15 is 0 Å². The molecule has 0 aliphatic heterocycles. The number of carbonyl (C=O) groups excluding carboxylic acids is 1. The molecule has 0 fully saturated rings. The largest absolute Gasteiger partial charge is 0.448 e. The van der Waals surface area contributed by atoms with Crippen molar-refractivity contribution >= 4 is 38.3 Å². The van der Waals surface area contributed by atoms with E-state index in [9.17, 15) is 17.6 Å². The molecule has 2 N–H and O–H groups in total. The van der Waals surface area contributed by atoms with Crippen LogP contribution in [0.1, 0.15) is 16.1 Å². The Morgan fingerprint density at radius 3 is 2.32 bits per heavy atom. The van der Waals surface area contributed by atoms with Crippen molar-refractivity contribution in [2.45, 2.75) is 6.92 Å². The highest BCUT2D eigenvalue weighted by molar-refractivity contribution is 7.92. The highest BCUT2D eigenvalue weighted by Gasteiger charge is 2.19. The van der Waals surface area contributed by atoms with Gasteiger partial charge in [0.15, 0.2) is 17.2 Å². The highest BCUT2D eigenvalue weighted by Crippen LogP contribution is 2.28. The Balaban J connectivity index is 1.83. The van der Waals surface area contributed by atoms with Crippen LogP contribution in [-0.2, 0) is 10.0 Å². The van der Waals surface area contributed by atoms with Gasteiger partial charge in [-0.2, -0.15) is 0 Å². The summed E-state index contributed by atoms with van der Waals surface area (Å²) in [5, 5.41) is 3.18. The average Bonchev–Trinajstić information content (AvgIpc) is 2.87. The lowest BCUT2D eigenvalue weighted by Gasteiger charge is -2.06. The summed E-state index contributed by atoms with van der Waals surface area (Å²) < 4.78 is 43.8. The van der Waals surface area contributed by atoms with E-state index in [1.807, 2.05) is 0 Å². The Labute approximate surface area is 143 Å². The summed E-state index contributed by atoms with van der Waals surface area (Å²) in [6, 6.07) is 10.6. The van der Waals surface area contributed by atoms with Gasteiger partial charge in [0.05, 0.1) is 6.26 Å². The number of benzene rings is 2. The number of rotatable bonds is 4. The zero-order chi connectivity index (χ0) is 18.2. The Kier molecular flexibility index (Phi) is 4.22. The minimum absolute atomic E-state index is 0.0263. The van der Waals surface area contributed by atoms with Crippen LogP contribution in [0.4, 0.5) is 15.8 Å². The quantitative estimate of drug-likeness (QED) is 0.743. The van der Waals surface area contributed by atoms with Crippen LogP contribution in [0, 0.1) is 12.7 Å². The predicted molar refractivity (Wildman–Crippen MR) is 93.8 cm³/mol. The Morgan fingerprint density at radius 2 is 1.72 bits per heavy atom. The number of para-hydroxylation sites is 1. The third-order valence-corrected chi connectivity index (χ3v) is 4.17. The van der Waals surface area contributed by atoms with Crippen molar-refractivity contribution in [3.05, 3.63) is 59.6 Å². The molecule has 0 saturated carbocycles. The fourth-order valence-electron chi connectivity index (χ4n) is 2.45. The number of anilines is 2. The zero-order valence-electron chi connectivity index (χ0n) is 13.5. The molecule has 1 amide bonds. The van der Waals surface area contributed by atoms with Crippen molar-refractivity contribution in [2.75, 3.05) is 16.3 Å². The second-order valence-corrected chi connectivity index (χ2v) is 7.33. The first-order chi connectivity index (χ1) is 11.7. The molecular formula is C17H15FN2O4S. The molecule has 0 atom stereocenters. The van der Waals surface area contributed by atoms with Crippen molar-refractivity contribution in [3.63, 3.8) is 0 Å². The number of halogens is 1. The molecule has 6 nitrogen and oxygen atoms in total. The van der Waals surface area contributed by atoms with E-state index in [-0.39, 0.29) is 11.3 Å². The average molecular weight is 362 g/mol. The van der Waals surface area contributed by atoms with Crippen molar-refractivity contribution in [2.24, 2.45) is 0 Å². The number of furan rings is 1.